The number of hydrogen-bond donors (Lipinski definition) is 1. The van der Waals surface area contributed by atoms with Crippen molar-refractivity contribution >= 4 is 0 Å². The highest BCUT2D eigenvalue weighted by atomic mass is 19.1. The molecule has 1 aromatic rings. The first-order valence-electron chi connectivity index (χ1n) is 9.61. The Morgan fingerprint density at radius 2 is 1.82 bits per heavy atom. The minimum Gasteiger partial charge on any atom is -0.368 e. The van der Waals surface area contributed by atoms with E-state index in [9.17, 15) is 14.0 Å². The van der Waals surface area contributed by atoms with Crippen LogP contribution in [0.4, 0.5) is 4.39 Å². The third kappa shape index (κ3) is 4.89. The number of fused-ring (bicyclic) bond motifs is 1. The molecule has 28 heavy (non-hydrogen) atoms. The van der Waals surface area contributed by atoms with Gasteiger partial charge in [-0.05, 0) is 48.0 Å². The number of nitrogens with one attached hydrogen (secondary N) is 1. The van der Waals surface area contributed by atoms with Gasteiger partial charge in [-0.15, -0.1) is 0 Å². The molecule has 0 aromatic carbocycles. The number of aromatic amines is 1. The summed E-state index contributed by atoms with van der Waals surface area (Å²) < 4.78 is 27.2. The summed E-state index contributed by atoms with van der Waals surface area (Å²) in [7, 11) is 0. The lowest BCUT2D eigenvalue weighted by atomic mass is 10.0. The molecule has 2 fully saturated rings. The van der Waals surface area contributed by atoms with E-state index in [1.807, 2.05) is 51.6 Å². The Balaban J connectivity index is 1.74. The van der Waals surface area contributed by atoms with Gasteiger partial charge in [-0.25, -0.2) is 4.79 Å². The minimum atomic E-state index is -1.02. The summed E-state index contributed by atoms with van der Waals surface area (Å²) in [6, 6.07) is -0.0279. The standard InChI is InChI=1S/C19H30FN3O5/c1-18(2,3)26-14-10-23-13(15(14)27-19(4,5)6)7-11(28-23)8-22-9-12(20)16(24)21-17(22)25/h9,11,13-15H,7-8,10H2,1-6H3,(H,21,24,25)/t11-,13-,14-,15-/m0/s1. The third-order valence-electron chi connectivity index (χ3n) is 4.63. The molecule has 158 valence electrons. The molecule has 3 rings (SSSR count). The van der Waals surface area contributed by atoms with Crippen LogP contribution < -0.4 is 11.2 Å². The summed E-state index contributed by atoms with van der Waals surface area (Å²) in [4.78, 5) is 31.1. The second kappa shape index (κ2) is 7.37. The van der Waals surface area contributed by atoms with E-state index in [0.29, 0.717) is 13.0 Å². The molecule has 2 saturated heterocycles. The summed E-state index contributed by atoms with van der Waals surface area (Å²) >= 11 is 0. The average Bonchev–Trinajstić information content (AvgIpc) is 3.01. The van der Waals surface area contributed by atoms with E-state index in [1.54, 1.807) is 0 Å². The van der Waals surface area contributed by atoms with Gasteiger partial charge in [0.2, 0.25) is 5.82 Å². The lowest BCUT2D eigenvalue weighted by Crippen LogP contribution is -2.44. The summed E-state index contributed by atoms with van der Waals surface area (Å²) in [5, 5.41) is 1.85. The van der Waals surface area contributed by atoms with Crippen LogP contribution in [0.1, 0.15) is 48.0 Å². The van der Waals surface area contributed by atoms with Gasteiger partial charge >= 0.3 is 5.69 Å². The molecule has 0 spiro atoms. The molecule has 0 aliphatic carbocycles. The second-order valence-electron chi connectivity index (χ2n) is 9.48. The Bertz CT molecular complexity index is 823. The first-order valence-corrected chi connectivity index (χ1v) is 9.61. The van der Waals surface area contributed by atoms with Crippen molar-refractivity contribution < 1.29 is 18.7 Å². The van der Waals surface area contributed by atoms with Gasteiger partial charge in [0.1, 0.15) is 12.2 Å². The zero-order valence-electron chi connectivity index (χ0n) is 17.3. The number of nitrogens with zero attached hydrogens (tertiary/aromatic N) is 2. The largest absolute Gasteiger partial charge is 0.368 e. The molecule has 0 unspecified atom stereocenters. The van der Waals surface area contributed by atoms with Crippen molar-refractivity contribution in [2.75, 3.05) is 6.54 Å². The Morgan fingerprint density at radius 3 is 2.43 bits per heavy atom. The number of H-pyrrole nitrogens is 1. The van der Waals surface area contributed by atoms with Crippen LogP contribution in [0.3, 0.4) is 0 Å². The molecule has 4 atom stereocenters. The topological polar surface area (TPSA) is 85.8 Å². The normalized spacial score (nSPS) is 28.7. The van der Waals surface area contributed by atoms with Gasteiger partial charge in [0, 0.05) is 0 Å². The van der Waals surface area contributed by atoms with Crippen LogP contribution in [0, 0.1) is 5.82 Å². The fourth-order valence-corrected chi connectivity index (χ4v) is 3.77. The maximum absolute atomic E-state index is 13.5. The quantitative estimate of drug-likeness (QED) is 0.825. The SMILES string of the molecule is CC(C)(C)O[C@@H]1[C@@H](OC(C)(C)C)CN2O[C@H](Cn3cc(F)c(=O)[nH]c3=O)C[C@@H]12. The van der Waals surface area contributed by atoms with Crippen molar-refractivity contribution in [1.82, 2.24) is 14.6 Å². The van der Waals surface area contributed by atoms with Gasteiger partial charge < -0.3 is 9.47 Å². The molecule has 9 heteroatoms. The highest BCUT2D eigenvalue weighted by Gasteiger charge is 2.51. The van der Waals surface area contributed by atoms with Crippen molar-refractivity contribution in [2.24, 2.45) is 0 Å². The fourth-order valence-electron chi connectivity index (χ4n) is 3.77. The second-order valence-corrected chi connectivity index (χ2v) is 9.48. The number of ether oxygens (including phenoxy) is 2. The smallest absolute Gasteiger partial charge is 0.328 e. The molecule has 1 N–H and O–H groups in total. The van der Waals surface area contributed by atoms with E-state index in [-0.39, 0.29) is 42.1 Å². The van der Waals surface area contributed by atoms with Crippen molar-refractivity contribution in [2.45, 2.75) is 90.1 Å². The average molecular weight is 399 g/mol. The molecule has 1 aromatic heterocycles. The Labute approximate surface area is 163 Å². The van der Waals surface area contributed by atoms with Crippen LogP contribution in [-0.4, -0.2) is 56.7 Å². The molecule has 0 radical (unpaired) electrons. The third-order valence-corrected chi connectivity index (χ3v) is 4.63. The van der Waals surface area contributed by atoms with E-state index in [1.165, 1.54) is 0 Å². The Kier molecular flexibility index (Phi) is 5.57. The van der Waals surface area contributed by atoms with Crippen molar-refractivity contribution in [3.8, 4) is 0 Å². The van der Waals surface area contributed by atoms with Crippen molar-refractivity contribution in [3.63, 3.8) is 0 Å². The van der Waals surface area contributed by atoms with Gasteiger partial charge in [0.05, 0.1) is 42.6 Å². The monoisotopic (exact) mass is 399 g/mol. The van der Waals surface area contributed by atoms with Crippen LogP contribution in [0.2, 0.25) is 0 Å². The highest BCUT2D eigenvalue weighted by Crippen LogP contribution is 2.37. The zero-order chi connectivity index (χ0) is 20.9. The van der Waals surface area contributed by atoms with E-state index < -0.39 is 17.1 Å². The highest BCUT2D eigenvalue weighted by molar-refractivity contribution is 4.99. The number of hydrogen-bond acceptors (Lipinski definition) is 6. The first-order chi connectivity index (χ1) is 12.8. The Morgan fingerprint density at radius 1 is 1.18 bits per heavy atom. The molecular weight excluding hydrogens is 369 g/mol. The predicted molar refractivity (Wildman–Crippen MR) is 101 cm³/mol. The van der Waals surface area contributed by atoms with Crippen LogP contribution in [0.5, 0.6) is 0 Å². The molecule has 2 aliphatic heterocycles. The molecule has 8 nitrogen and oxygen atoms in total. The van der Waals surface area contributed by atoms with Gasteiger partial charge in [-0.2, -0.15) is 9.45 Å². The minimum absolute atomic E-state index is 0.0279. The molecule has 3 heterocycles. The van der Waals surface area contributed by atoms with Crippen molar-refractivity contribution in [1.29, 1.82) is 0 Å². The van der Waals surface area contributed by atoms with E-state index in [2.05, 4.69) is 0 Å². The number of rotatable bonds is 4. The summed E-state index contributed by atoms with van der Waals surface area (Å²) in [6.07, 6.45) is 0.877. The molecule has 0 amide bonds. The van der Waals surface area contributed by atoms with E-state index >= 15 is 0 Å². The van der Waals surface area contributed by atoms with Crippen LogP contribution >= 0.6 is 0 Å². The van der Waals surface area contributed by atoms with Gasteiger partial charge in [0.25, 0.3) is 5.56 Å². The molecule has 2 aliphatic rings. The van der Waals surface area contributed by atoms with Gasteiger partial charge in [0.15, 0.2) is 0 Å². The number of halogens is 1. The zero-order valence-corrected chi connectivity index (χ0v) is 17.3. The molecule has 0 bridgehead atoms. The van der Waals surface area contributed by atoms with Gasteiger partial charge in [-0.3, -0.25) is 19.2 Å². The summed E-state index contributed by atoms with van der Waals surface area (Å²) in [5.74, 6) is -0.995. The fraction of sp³-hybridized carbons (Fsp3) is 0.789. The van der Waals surface area contributed by atoms with Crippen LogP contribution in [0.15, 0.2) is 15.8 Å². The Hall–Kier alpha value is -1.55. The van der Waals surface area contributed by atoms with Crippen molar-refractivity contribution in [3.05, 3.63) is 32.9 Å². The summed E-state index contributed by atoms with van der Waals surface area (Å²) in [5.41, 5.74) is -2.34. The lowest BCUT2D eigenvalue weighted by Gasteiger charge is -2.34. The first kappa shape index (κ1) is 21.2. The summed E-state index contributed by atoms with van der Waals surface area (Å²) in [6.45, 7) is 12.7. The maximum atomic E-state index is 13.5. The van der Waals surface area contributed by atoms with E-state index in [0.717, 1.165) is 10.8 Å². The van der Waals surface area contributed by atoms with Crippen LogP contribution in [0.25, 0.3) is 0 Å². The van der Waals surface area contributed by atoms with Gasteiger partial charge in [-0.1, -0.05) is 0 Å². The predicted octanol–water partition coefficient (Wildman–Crippen LogP) is 1.43. The number of hydroxylamine groups is 2. The maximum Gasteiger partial charge on any atom is 0.328 e. The molecule has 0 saturated carbocycles. The van der Waals surface area contributed by atoms with Crippen LogP contribution in [-0.2, 0) is 20.9 Å². The number of aromatic nitrogens is 2. The molecular formula is C19H30FN3O5. The lowest BCUT2D eigenvalue weighted by molar-refractivity contribution is -0.163. The van der Waals surface area contributed by atoms with E-state index in [4.69, 9.17) is 14.3 Å².